The van der Waals surface area contributed by atoms with Crippen LogP contribution in [0.3, 0.4) is 0 Å². The molecule has 1 heterocycles. The second-order valence-corrected chi connectivity index (χ2v) is 8.01. The average molecular weight is 396 g/mol. The van der Waals surface area contributed by atoms with Gasteiger partial charge < -0.3 is 14.4 Å². The number of rotatable bonds is 8. The number of nitrogens with zero attached hydrogens (tertiary/aromatic N) is 3. The number of likely N-dealkylation sites (N-methyl/N-ethyl adjacent to an activating group) is 1. The third-order valence-corrected chi connectivity index (χ3v) is 5.28. The van der Waals surface area contributed by atoms with Gasteiger partial charge in [0.15, 0.2) is 0 Å². The van der Waals surface area contributed by atoms with E-state index in [1.54, 1.807) is 23.9 Å². The Bertz CT molecular complexity index is 920. The summed E-state index contributed by atoms with van der Waals surface area (Å²) in [5, 5.41) is 18.5. The Morgan fingerprint density at radius 1 is 1.11 bits per heavy atom. The maximum atomic E-state index is 10.2. The van der Waals surface area contributed by atoms with Crippen molar-refractivity contribution in [3.05, 3.63) is 71.6 Å². The highest BCUT2D eigenvalue weighted by molar-refractivity contribution is 7.99. The maximum Gasteiger partial charge on any atom is 0.247 e. The minimum Gasteiger partial charge on any atom is -0.508 e. The van der Waals surface area contributed by atoms with E-state index in [4.69, 9.17) is 4.42 Å². The SMILES string of the molecule is CCSC(c1nnc(-c2ccc(C=CCN(C)C)cc2)o1)c1ccccc1O. The number of phenols is 1. The summed E-state index contributed by atoms with van der Waals surface area (Å²) < 4.78 is 5.97. The van der Waals surface area contributed by atoms with E-state index in [9.17, 15) is 5.11 Å². The largest absolute Gasteiger partial charge is 0.508 e. The van der Waals surface area contributed by atoms with Crippen molar-refractivity contribution in [1.29, 1.82) is 0 Å². The van der Waals surface area contributed by atoms with Crippen LogP contribution >= 0.6 is 11.8 Å². The molecule has 2 aromatic carbocycles. The van der Waals surface area contributed by atoms with E-state index in [0.29, 0.717) is 11.8 Å². The molecule has 0 fully saturated rings. The van der Waals surface area contributed by atoms with Gasteiger partial charge in [-0.05, 0) is 43.6 Å². The quantitative estimate of drug-likeness (QED) is 0.588. The van der Waals surface area contributed by atoms with Gasteiger partial charge in [-0.2, -0.15) is 0 Å². The Hall–Kier alpha value is -2.57. The first-order valence-electron chi connectivity index (χ1n) is 9.23. The van der Waals surface area contributed by atoms with Crippen LogP contribution in [0.15, 0.2) is 59.0 Å². The van der Waals surface area contributed by atoms with E-state index < -0.39 is 0 Å². The van der Waals surface area contributed by atoms with Gasteiger partial charge in [-0.1, -0.05) is 49.4 Å². The Morgan fingerprint density at radius 3 is 2.54 bits per heavy atom. The number of aromatic hydroxyl groups is 1. The van der Waals surface area contributed by atoms with Gasteiger partial charge in [-0.3, -0.25) is 0 Å². The van der Waals surface area contributed by atoms with Crippen molar-refractivity contribution in [1.82, 2.24) is 15.1 Å². The van der Waals surface area contributed by atoms with Crippen LogP contribution < -0.4 is 0 Å². The summed E-state index contributed by atoms with van der Waals surface area (Å²) in [4.78, 5) is 2.11. The summed E-state index contributed by atoms with van der Waals surface area (Å²) >= 11 is 1.65. The summed E-state index contributed by atoms with van der Waals surface area (Å²) in [5.41, 5.74) is 2.78. The second kappa shape index (κ2) is 9.57. The number of phenolic OH excluding ortho intramolecular Hbond substituents is 1. The maximum absolute atomic E-state index is 10.2. The lowest BCUT2D eigenvalue weighted by Gasteiger charge is -2.13. The van der Waals surface area contributed by atoms with Gasteiger partial charge in [0.2, 0.25) is 11.8 Å². The second-order valence-electron chi connectivity index (χ2n) is 6.63. The van der Waals surface area contributed by atoms with Gasteiger partial charge in [0.1, 0.15) is 11.0 Å². The van der Waals surface area contributed by atoms with Crippen LogP contribution in [0.25, 0.3) is 17.5 Å². The number of hydrogen-bond donors (Lipinski definition) is 1. The van der Waals surface area contributed by atoms with E-state index in [-0.39, 0.29) is 11.0 Å². The highest BCUT2D eigenvalue weighted by Crippen LogP contribution is 2.39. The average Bonchev–Trinajstić information content (AvgIpc) is 3.17. The Morgan fingerprint density at radius 2 is 1.86 bits per heavy atom. The fourth-order valence-corrected chi connectivity index (χ4v) is 3.71. The topological polar surface area (TPSA) is 62.4 Å². The molecule has 0 aliphatic carbocycles. The van der Waals surface area contributed by atoms with Gasteiger partial charge >= 0.3 is 0 Å². The minimum atomic E-state index is -0.194. The molecule has 0 amide bonds. The zero-order chi connectivity index (χ0) is 19.9. The van der Waals surface area contributed by atoms with Gasteiger partial charge in [-0.15, -0.1) is 22.0 Å². The Kier molecular flexibility index (Phi) is 6.90. The number of benzene rings is 2. The molecule has 6 heteroatoms. The molecule has 1 N–H and O–H groups in total. The van der Waals surface area contributed by atoms with Crippen LogP contribution in [-0.2, 0) is 0 Å². The van der Waals surface area contributed by atoms with E-state index >= 15 is 0 Å². The van der Waals surface area contributed by atoms with E-state index in [1.807, 2.05) is 50.5 Å². The van der Waals surface area contributed by atoms with Gasteiger partial charge in [0.05, 0.1) is 0 Å². The Labute approximate surface area is 170 Å². The molecule has 1 aromatic heterocycles. The predicted octanol–water partition coefficient (Wildman–Crippen LogP) is 4.86. The molecule has 3 aromatic rings. The standard InChI is InChI=1S/C22H25N3O2S/c1-4-28-20(18-9-5-6-10-19(18)26)22-24-23-21(27-22)17-13-11-16(12-14-17)8-7-15-25(2)3/h5-14,20,26H,4,15H2,1-3H3. The lowest BCUT2D eigenvalue weighted by Crippen LogP contribution is -2.10. The molecule has 5 nitrogen and oxygen atoms in total. The van der Waals surface area contributed by atoms with Crippen molar-refractivity contribution in [2.45, 2.75) is 12.2 Å². The minimum absolute atomic E-state index is 0.194. The molecule has 0 aliphatic rings. The summed E-state index contributed by atoms with van der Waals surface area (Å²) in [6.07, 6.45) is 4.22. The zero-order valence-corrected chi connectivity index (χ0v) is 17.2. The first-order valence-corrected chi connectivity index (χ1v) is 10.3. The summed E-state index contributed by atoms with van der Waals surface area (Å²) in [5.74, 6) is 2.08. The highest BCUT2D eigenvalue weighted by Gasteiger charge is 2.23. The van der Waals surface area contributed by atoms with E-state index in [0.717, 1.165) is 29.0 Å². The van der Waals surface area contributed by atoms with Crippen LogP contribution in [0, 0.1) is 0 Å². The fourth-order valence-electron chi connectivity index (χ4n) is 2.76. The third-order valence-electron chi connectivity index (χ3n) is 4.16. The fraction of sp³-hybridized carbons (Fsp3) is 0.273. The molecule has 1 unspecified atom stereocenters. The first kappa shape index (κ1) is 20.2. The molecule has 0 radical (unpaired) electrons. The lowest BCUT2D eigenvalue weighted by atomic mass is 10.1. The van der Waals surface area contributed by atoms with Crippen LogP contribution in [0.2, 0.25) is 0 Å². The molecule has 0 saturated carbocycles. The highest BCUT2D eigenvalue weighted by atomic mass is 32.2. The van der Waals surface area contributed by atoms with Crippen LogP contribution in [0.4, 0.5) is 0 Å². The van der Waals surface area contributed by atoms with Gasteiger partial charge in [0, 0.05) is 17.7 Å². The zero-order valence-electron chi connectivity index (χ0n) is 16.4. The molecule has 3 rings (SSSR count). The molecule has 0 bridgehead atoms. The van der Waals surface area contributed by atoms with Crippen molar-refractivity contribution < 1.29 is 9.52 Å². The summed E-state index contributed by atoms with van der Waals surface area (Å²) in [7, 11) is 4.08. The monoisotopic (exact) mass is 395 g/mol. The van der Waals surface area contributed by atoms with Crippen LogP contribution in [0.5, 0.6) is 5.75 Å². The van der Waals surface area contributed by atoms with Crippen molar-refractivity contribution >= 4 is 17.8 Å². The predicted molar refractivity (Wildman–Crippen MR) is 115 cm³/mol. The first-order chi connectivity index (χ1) is 13.6. The van der Waals surface area contributed by atoms with Gasteiger partial charge in [-0.25, -0.2) is 0 Å². The van der Waals surface area contributed by atoms with Gasteiger partial charge in [0.25, 0.3) is 0 Å². The molecule has 1 atom stereocenters. The number of thioether (sulfide) groups is 1. The van der Waals surface area contributed by atoms with Crippen LogP contribution in [-0.4, -0.2) is 46.6 Å². The summed E-state index contributed by atoms with van der Waals surface area (Å²) in [6, 6.07) is 15.3. The van der Waals surface area contributed by atoms with Crippen LogP contribution in [0.1, 0.15) is 29.2 Å². The molecule has 28 heavy (non-hydrogen) atoms. The van der Waals surface area contributed by atoms with E-state index in [2.05, 4.69) is 34.2 Å². The lowest BCUT2D eigenvalue weighted by molar-refractivity contribution is 0.457. The molecule has 0 saturated heterocycles. The molecule has 0 aliphatic heterocycles. The smallest absolute Gasteiger partial charge is 0.247 e. The molecule has 146 valence electrons. The van der Waals surface area contributed by atoms with E-state index in [1.165, 1.54) is 0 Å². The normalized spacial score (nSPS) is 12.7. The number of hydrogen-bond acceptors (Lipinski definition) is 6. The molecule has 0 spiro atoms. The summed E-state index contributed by atoms with van der Waals surface area (Å²) in [6.45, 7) is 2.97. The molecular formula is C22H25N3O2S. The van der Waals surface area contributed by atoms with Crippen molar-refractivity contribution in [2.75, 3.05) is 26.4 Å². The van der Waals surface area contributed by atoms with Crippen molar-refractivity contribution in [3.8, 4) is 17.2 Å². The van der Waals surface area contributed by atoms with Crippen molar-refractivity contribution in [3.63, 3.8) is 0 Å². The number of para-hydroxylation sites is 1. The van der Waals surface area contributed by atoms with Crippen molar-refractivity contribution in [2.24, 2.45) is 0 Å². The third kappa shape index (κ3) is 5.03. The Balaban J connectivity index is 1.80. The molecular weight excluding hydrogens is 370 g/mol. The number of aromatic nitrogens is 2.